The van der Waals surface area contributed by atoms with Crippen LogP contribution < -0.4 is 0 Å². The maximum atomic E-state index is 12.7. The summed E-state index contributed by atoms with van der Waals surface area (Å²) >= 11 is 0. The molecule has 0 saturated carbocycles. The second-order valence-corrected chi connectivity index (χ2v) is 17.1. The molecule has 0 heterocycles. The summed E-state index contributed by atoms with van der Waals surface area (Å²) in [5, 5.41) is 0. The van der Waals surface area contributed by atoms with Gasteiger partial charge >= 0.3 is 17.9 Å². The summed E-state index contributed by atoms with van der Waals surface area (Å²) in [7, 11) is 0. The predicted molar refractivity (Wildman–Crippen MR) is 238 cm³/mol. The highest BCUT2D eigenvalue weighted by molar-refractivity contribution is 5.71. The summed E-state index contributed by atoms with van der Waals surface area (Å²) in [6, 6.07) is 0. The summed E-state index contributed by atoms with van der Waals surface area (Å²) < 4.78 is 16.7. The Hall–Kier alpha value is -1.59. The van der Waals surface area contributed by atoms with Crippen LogP contribution in [0.2, 0.25) is 0 Å². The van der Waals surface area contributed by atoms with Crippen LogP contribution in [-0.4, -0.2) is 37.2 Å². The van der Waals surface area contributed by atoms with Gasteiger partial charge in [0.15, 0.2) is 6.10 Å². The SMILES string of the molecule is CCCCCCCCCCCCCCCCCCCCCCC(=O)OCC(COC(=O)CCCCCCCC)OC(=O)CCCCCCCCCCCCCC. The van der Waals surface area contributed by atoms with Crippen LogP contribution in [0.3, 0.4) is 0 Å². The maximum Gasteiger partial charge on any atom is 0.306 e. The molecule has 332 valence electrons. The average Bonchev–Trinajstić information content (AvgIpc) is 3.19. The van der Waals surface area contributed by atoms with Gasteiger partial charge in [-0.1, -0.05) is 245 Å². The second-order valence-electron chi connectivity index (χ2n) is 17.1. The molecule has 6 heteroatoms. The van der Waals surface area contributed by atoms with E-state index in [1.807, 2.05) is 0 Å². The first-order chi connectivity index (χ1) is 27.5. The molecule has 0 aromatic rings. The molecule has 0 fully saturated rings. The van der Waals surface area contributed by atoms with Gasteiger partial charge in [-0.2, -0.15) is 0 Å². The van der Waals surface area contributed by atoms with Gasteiger partial charge in [0, 0.05) is 19.3 Å². The first-order valence-corrected chi connectivity index (χ1v) is 25.0. The second kappa shape index (κ2) is 46.1. The molecular weight excluding hydrogens is 697 g/mol. The molecule has 0 aliphatic rings. The standard InChI is InChI=1S/C50H96O6/c1-4-7-10-13-16-18-20-22-23-24-25-26-27-28-29-31-32-34-37-40-43-49(52)55-46-47(45-54-48(51)42-39-36-15-12-9-6-3)56-50(53)44-41-38-35-33-30-21-19-17-14-11-8-5-2/h47H,4-46H2,1-3H3. The van der Waals surface area contributed by atoms with Gasteiger partial charge in [0.05, 0.1) is 0 Å². The van der Waals surface area contributed by atoms with E-state index in [-0.39, 0.29) is 31.1 Å². The van der Waals surface area contributed by atoms with Crippen molar-refractivity contribution in [2.45, 2.75) is 290 Å². The maximum absolute atomic E-state index is 12.7. The molecular formula is C50H96O6. The molecule has 0 spiro atoms. The van der Waals surface area contributed by atoms with Gasteiger partial charge in [-0.25, -0.2) is 0 Å². The molecule has 1 unspecified atom stereocenters. The van der Waals surface area contributed by atoms with Crippen LogP contribution in [0.4, 0.5) is 0 Å². The van der Waals surface area contributed by atoms with E-state index in [9.17, 15) is 14.4 Å². The van der Waals surface area contributed by atoms with Crippen molar-refractivity contribution in [3.8, 4) is 0 Å². The fourth-order valence-corrected chi connectivity index (χ4v) is 7.56. The summed E-state index contributed by atoms with van der Waals surface area (Å²) in [5.41, 5.74) is 0. The number of unbranched alkanes of at least 4 members (excludes halogenated alkanes) is 35. The highest BCUT2D eigenvalue weighted by atomic mass is 16.6. The van der Waals surface area contributed by atoms with Crippen LogP contribution >= 0.6 is 0 Å². The Morgan fingerprint density at radius 1 is 0.286 bits per heavy atom. The highest BCUT2D eigenvalue weighted by Crippen LogP contribution is 2.17. The lowest BCUT2D eigenvalue weighted by Gasteiger charge is -2.18. The number of esters is 3. The van der Waals surface area contributed by atoms with Crippen molar-refractivity contribution >= 4 is 17.9 Å². The van der Waals surface area contributed by atoms with Gasteiger partial charge in [-0.05, 0) is 19.3 Å². The monoisotopic (exact) mass is 793 g/mol. The van der Waals surface area contributed by atoms with E-state index in [2.05, 4.69) is 20.8 Å². The summed E-state index contributed by atoms with van der Waals surface area (Å²) in [6.07, 6.45) is 48.3. The Morgan fingerprint density at radius 3 is 0.714 bits per heavy atom. The molecule has 0 amide bonds. The molecule has 0 saturated heterocycles. The van der Waals surface area contributed by atoms with E-state index in [4.69, 9.17) is 14.2 Å². The number of carbonyl (C=O) groups excluding carboxylic acids is 3. The first kappa shape index (κ1) is 54.4. The summed E-state index contributed by atoms with van der Waals surface area (Å²) in [4.78, 5) is 37.6. The Kier molecular flexibility index (Phi) is 44.8. The van der Waals surface area contributed by atoms with Gasteiger partial charge in [-0.15, -0.1) is 0 Å². The summed E-state index contributed by atoms with van der Waals surface area (Å²) in [5.74, 6) is -0.856. The fourth-order valence-electron chi connectivity index (χ4n) is 7.56. The minimum Gasteiger partial charge on any atom is -0.462 e. The van der Waals surface area contributed by atoms with Crippen molar-refractivity contribution in [1.29, 1.82) is 0 Å². The van der Waals surface area contributed by atoms with Gasteiger partial charge in [0.25, 0.3) is 0 Å². The molecule has 1 atom stereocenters. The van der Waals surface area contributed by atoms with E-state index in [0.717, 1.165) is 57.8 Å². The molecule has 0 aromatic carbocycles. The molecule has 0 aliphatic heterocycles. The average molecular weight is 793 g/mol. The Bertz CT molecular complexity index is 828. The number of hydrogen-bond donors (Lipinski definition) is 0. The van der Waals surface area contributed by atoms with Crippen molar-refractivity contribution in [3.63, 3.8) is 0 Å². The lowest BCUT2D eigenvalue weighted by molar-refractivity contribution is -0.167. The fraction of sp³-hybridized carbons (Fsp3) is 0.940. The van der Waals surface area contributed by atoms with Crippen molar-refractivity contribution < 1.29 is 28.6 Å². The molecule has 0 aliphatic carbocycles. The molecule has 56 heavy (non-hydrogen) atoms. The zero-order chi connectivity index (χ0) is 40.8. The molecule has 0 radical (unpaired) electrons. The lowest BCUT2D eigenvalue weighted by atomic mass is 10.0. The van der Waals surface area contributed by atoms with E-state index >= 15 is 0 Å². The quantitative estimate of drug-likeness (QED) is 0.0347. The van der Waals surface area contributed by atoms with E-state index in [1.165, 1.54) is 186 Å². The Balaban J connectivity index is 4.10. The minimum atomic E-state index is -0.757. The molecule has 0 aromatic heterocycles. The summed E-state index contributed by atoms with van der Waals surface area (Å²) in [6.45, 7) is 6.61. The number of rotatable bonds is 46. The van der Waals surface area contributed by atoms with Gasteiger partial charge in [0.2, 0.25) is 0 Å². The lowest BCUT2D eigenvalue weighted by Crippen LogP contribution is -2.30. The van der Waals surface area contributed by atoms with Gasteiger partial charge in [-0.3, -0.25) is 14.4 Å². The topological polar surface area (TPSA) is 78.9 Å². The van der Waals surface area contributed by atoms with E-state index in [0.29, 0.717) is 19.3 Å². The Labute approximate surface area is 348 Å². The van der Waals surface area contributed by atoms with Crippen molar-refractivity contribution in [2.24, 2.45) is 0 Å². The van der Waals surface area contributed by atoms with Crippen molar-refractivity contribution in [3.05, 3.63) is 0 Å². The minimum absolute atomic E-state index is 0.0630. The van der Waals surface area contributed by atoms with E-state index < -0.39 is 6.10 Å². The van der Waals surface area contributed by atoms with E-state index in [1.54, 1.807) is 0 Å². The zero-order valence-corrected chi connectivity index (χ0v) is 37.9. The van der Waals surface area contributed by atoms with Crippen LogP contribution in [0.1, 0.15) is 284 Å². The van der Waals surface area contributed by atoms with Gasteiger partial charge in [0.1, 0.15) is 13.2 Å². The molecule has 0 N–H and O–H groups in total. The normalized spacial score (nSPS) is 11.8. The number of ether oxygens (including phenoxy) is 3. The van der Waals surface area contributed by atoms with Crippen LogP contribution in [0, 0.1) is 0 Å². The van der Waals surface area contributed by atoms with Crippen LogP contribution in [0.5, 0.6) is 0 Å². The third-order valence-electron chi connectivity index (χ3n) is 11.4. The Morgan fingerprint density at radius 2 is 0.482 bits per heavy atom. The molecule has 0 rings (SSSR count). The van der Waals surface area contributed by atoms with Gasteiger partial charge < -0.3 is 14.2 Å². The molecule has 0 bridgehead atoms. The zero-order valence-electron chi connectivity index (χ0n) is 37.9. The molecule has 6 nitrogen and oxygen atoms in total. The van der Waals surface area contributed by atoms with Crippen LogP contribution in [0.25, 0.3) is 0 Å². The smallest absolute Gasteiger partial charge is 0.306 e. The van der Waals surface area contributed by atoms with Crippen molar-refractivity contribution in [2.75, 3.05) is 13.2 Å². The van der Waals surface area contributed by atoms with Crippen molar-refractivity contribution in [1.82, 2.24) is 0 Å². The number of hydrogen-bond acceptors (Lipinski definition) is 6. The van der Waals surface area contributed by atoms with Crippen LogP contribution in [0.15, 0.2) is 0 Å². The third kappa shape index (κ3) is 43.5. The first-order valence-electron chi connectivity index (χ1n) is 25.0. The largest absolute Gasteiger partial charge is 0.462 e. The third-order valence-corrected chi connectivity index (χ3v) is 11.4. The predicted octanol–water partition coefficient (Wildman–Crippen LogP) is 16.0. The van der Waals surface area contributed by atoms with Crippen LogP contribution in [-0.2, 0) is 28.6 Å². The number of carbonyl (C=O) groups is 3. The highest BCUT2D eigenvalue weighted by Gasteiger charge is 2.19.